The zero-order valence-electron chi connectivity index (χ0n) is 13.7. The van der Waals surface area contributed by atoms with Crippen LogP contribution in [0.25, 0.3) is 10.9 Å². The Labute approximate surface area is 137 Å². The van der Waals surface area contributed by atoms with E-state index in [-0.39, 0.29) is 5.91 Å². The van der Waals surface area contributed by atoms with Crippen LogP contribution in [0.2, 0.25) is 0 Å². The molecule has 0 unspecified atom stereocenters. The lowest BCUT2D eigenvalue weighted by molar-refractivity contribution is 0.0946. The molecule has 1 aliphatic heterocycles. The molecule has 0 atom stereocenters. The van der Waals surface area contributed by atoms with Crippen molar-refractivity contribution >= 4 is 16.8 Å². The molecule has 0 saturated carbocycles. The van der Waals surface area contributed by atoms with E-state index >= 15 is 0 Å². The SMILES string of the molecule is O=C(NCCN1CCCCC1)c1ccc2[nH]c3c(c2c1)CCC3. The van der Waals surface area contributed by atoms with Crippen molar-refractivity contribution in [3.63, 3.8) is 0 Å². The molecule has 1 aromatic carbocycles. The highest BCUT2D eigenvalue weighted by atomic mass is 16.1. The number of hydrogen-bond donors (Lipinski definition) is 2. The summed E-state index contributed by atoms with van der Waals surface area (Å²) in [6.07, 6.45) is 7.44. The van der Waals surface area contributed by atoms with E-state index in [4.69, 9.17) is 0 Å². The van der Waals surface area contributed by atoms with Crippen molar-refractivity contribution in [2.75, 3.05) is 26.2 Å². The van der Waals surface area contributed by atoms with E-state index in [0.29, 0.717) is 0 Å². The van der Waals surface area contributed by atoms with E-state index in [1.54, 1.807) is 0 Å². The molecular formula is C19H25N3O. The Morgan fingerprint density at radius 2 is 2.00 bits per heavy atom. The third-order valence-corrected chi connectivity index (χ3v) is 5.27. The number of aromatic nitrogens is 1. The topological polar surface area (TPSA) is 48.1 Å². The zero-order valence-corrected chi connectivity index (χ0v) is 13.7. The molecule has 4 heteroatoms. The van der Waals surface area contributed by atoms with Gasteiger partial charge in [0.05, 0.1) is 0 Å². The number of nitrogens with one attached hydrogen (secondary N) is 2. The third-order valence-electron chi connectivity index (χ3n) is 5.27. The monoisotopic (exact) mass is 311 g/mol. The van der Waals surface area contributed by atoms with Crippen LogP contribution in [0.5, 0.6) is 0 Å². The minimum Gasteiger partial charge on any atom is -0.358 e. The highest BCUT2D eigenvalue weighted by Crippen LogP contribution is 2.30. The quantitative estimate of drug-likeness (QED) is 0.912. The summed E-state index contributed by atoms with van der Waals surface area (Å²) < 4.78 is 0. The molecule has 2 aromatic rings. The van der Waals surface area contributed by atoms with E-state index < -0.39 is 0 Å². The smallest absolute Gasteiger partial charge is 0.251 e. The van der Waals surface area contributed by atoms with Gasteiger partial charge in [0.25, 0.3) is 5.91 Å². The fraction of sp³-hybridized carbons (Fsp3) is 0.526. The van der Waals surface area contributed by atoms with Gasteiger partial charge in [-0.1, -0.05) is 6.42 Å². The maximum absolute atomic E-state index is 12.4. The van der Waals surface area contributed by atoms with Gasteiger partial charge in [0.15, 0.2) is 0 Å². The summed E-state index contributed by atoms with van der Waals surface area (Å²) >= 11 is 0. The number of rotatable bonds is 4. The molecule has 1 saturated heterocycles. The second-order valence-corrected chi connectivity index (χ2v) is 6.85. The summed E-state index contributed by atoms with van der Waals surface area (Å²) in [5.41, 5.74) is 4.73. The molecule has 1 aromatic heterocycles. The van der Waals surface area contributed by atoms with E-state index in [2.05, 4.69) is 21.3 Å². The lowest BCUT2D eigenvalue weighted by Gasteiger charge is -2.26. The first-order valence-corrected chi connectivity index (χ1v) is 8.95. The number of fused-ring (bicyclic) bond motifs is 3. The van der Waals surface area contributed by atoms with Crippen LogP contribution in [-0.2, 0) is 12.8 Å². The van der Waals surface area contributed by atoms with Gasteiger partial charge >= 0.3 is 0 Å². The normalized spacial score (nSPS) is 18.3. The Morgan fingerprint density at radius 1 is 1.13 bits per heavy atom. The lowest BCUT2D eigenvalue weighted by atomic mass is 10.1. The Kier molecular flexibility index (Phi) is 4.08. The fourth-order valence-electron chi connectivity index (χ4n) is 4.00. The molecule has 2 N–H and O–H groups in total. The van der Waals surface area contributed by atoms with Crippen molar-refractivity contribution in [3.8, 4) is 0 Å². The van der Waals surface area contributed by atoms with E-state index in [0.717, 1.165) is 31.5 Å². The molecule has 2 aliphatic rings. The van der Waals surface area contributed by atoms with Crippen molar-refractivity contribution in [2.45, 2.75) is 38.5 Å². The molecule has 4 nitrogen and oxygen atoms in total. The maximum Gasteiger partial charge on any atom is 0.251 e. The minimum atomic E-state index is 0.0526. The predicted molar refractivity (Wildman–Crippen MR) is 92.9 cm³/mol. The first kappa shape index (κ1) is 14.8. The summed E-state index contributed by atoms with van der Waals surface area (Å²) in [7, 11) is 0. The standard InChI is InChI=1S/C19H25N3O/c23-19(20-9-12-22-10-2-1-3-11-22)14-7-8-18-16(13-14)15-5-4-6-17(15)21-18/h7-8,13,21H,1-6,9-12H2,(H,20,23). The van der Waals surface area contributed by atoms with Crippen molar-refractivity contribution in [2.24, 2.45) is 0 Å². The number of carbonyl (C=O) groups is 1. The van der Waals surface area contributed by atoms with E-state index in [1.165, 1.54) is 60.9 Å². The molecule has 122 valence electrons. The Bertz CT molecular complexity index is 713. The number of nitrogens with zero attached hydrogens (tertiary/aromatic N) is 1. The summed E-state index contributed by atoms with van der Waals surface area (Å²) in [4.78, 5) is 18.4. The number of likely N-dealkylation sites (tertiary alicyclic amines) is 1. The lowest BCUT2D eigenvalue weighted by Crippen LogP contribution is -2.37. The van der Waals surface area contributed by atoms with Crippen LogP contribution in [0.1, 0.15) is 47.3 Å². The van der Waals surface area contributed by atoms with Crippen LogP contribution >= 0.6 is 0 Å². The molecule has 2 heterocycles. The summed E-state index contributed by atoms with van der Waals surface area (Å²) in [5, 5.41) is 4.32. The van der Waals surface area contributed by atoms with Gasteiger partial charge in [-0.15, -0.1) is 0 Å². The zero-order chi connectivity index (χ0) is 15.6. The van der Waals surface area contributed by atoms with Crippen LogP contribution < -0.4 is 5.32 Å². The van der Waals surface area contributed by atoms with Crippen molar-refractivity contribution < 1.29 is 4.79 Å². The van der Waals surface area contributed by atoms with Gasteiger partial charge in [-0.05, 0) is 69.0 Å². The van der Waals surface area contributed by atoms with Gasteiger partial charge in [-0.3, -0.25) is 4.79 Å². The number of H-pyrrole nitrogens is 1. The molecule has 23 heavy (non-hydrogen) atoms. The Balaban J connectivity index is 1.40. The predicted octanol–water partition coefficient (Wildman–Crippen LogP) is 2.87. The highest BCUT2D eigenvalue weighted by Gasteiger charge is 2.18. The van der Waals surface area contributed by atoms with Crippen LogP contribution in [0, 0.1) is 0 Å². The van der Waals surface area contributed by atoms with E-state index in [1.807, 2.05) is 12.1 Å². The number of piperidine rings is 1. The molecule has 0 bridgehead atoms. The van der Waals surface area contributed by atoms with Crippen LogP contribution in [-0.4, -0.2) is 42.0 Å². The van der Waals surface area contributed by atoms with Gasteiger partial charge in [-0.25, -0.2) is 0 Å². The average molecular weight is 311 g/mol. The Morgan fingerprint density at radius 3 is 2.87 bits per heavy atom. The van der Waals surface area contributed by atoms with E-state index in [9.17, 15) is 4.79 Å². The van der Waals surface area contributed by atoms with Crippen molar-refractivity contribution in [3.05, 3.63) is 35.0 Å². The maximum atomic E-state index is 12.4. The highest BCUT2D eigenvalue weighted by molar-refractivity contribution is 5.99. The van der Waals surface area contributed by atoms with Crippen molar-refractivity contribution in [1.82, 2.24) is 15.2 Å². The summed E-state index contributed by atoms with van der Waals surface area (Å²) in [5.74, 6) is 0.0526. The molecule has 0 spiro atoms. The number of benzene rings is 1. The first-order chi connectivity index (χ1) is 11.3. The molecule has 0 radical (unpaired) electrons. The minimum absolute atomic E-state index is 0.0526. The largest absolute Gasteiger partial charge is 0.358 e. The Hall–Kier alpha value is -1.81. The summed E-state index contributed by atoms with van der Waals surface area (Å²) in [6, 6.07) is 6.05. The molecular weight excluding hydrogens is 286 g/mol. The number of carbonyl (C=O) groups excluding carboxylic acids is 1. The van der Waals surface area contributed by atoms with Crippen LogP contribution in [0.3, 0.4) is 0 Å². The summed E-state index contributed by atoms with van der Waals surface area (Å²) in [6.45, 7) is 4.06. The number of amides is 1. The average Bonchev–Trinajstić information content (AvgIpc) is 3.16. The number of aromatic amines is 1. The second kappa shape index (κ2) is 6.36. The van der Waals surface area contributed by atoms with Gasteiger partial charge < -0.3 is 15.2 Å². The van der Waals surface area contributed by atoms with Gasteiger partial charge in [0.1, 0.15) is 0 Å². The molecule has 4 rings (SSSR count). The van der Waals surface area contributed by atoms with Crippen molar-refractivity contribution in [1.29, 1.82) is 0 Å². The van der Waals surface area contributed by atoms with Gasteiger partial charge in [0, 0.05) is 35.2 Å². The fourth-order valence-corrected chi connectivity index (χ4v) is 4.00. The van der Waals surface area contributed by atoms with Gasteiger partial charge in [0.2, 0.25) is 0 Å². The first-order valence-electron chi connectivity index (χ1n) is 8.95. The molecule has 1 amide bonds. The number of hydrogen-bond acceptors (Lipinski definition) is 2. The molecule has 1 aliphatic carbocycles. The third kappa shape index (κ3) is 3.00. The van der Waals surface area contributed by atoms with Crippen LogP contribution in [0.4, 0.5) is 0 Å². The van der Waals surface area contributed by atoms with Gasteiger partial charge in [-0.2, -0.15) is 0 Å². The second-order valence-electron chi connectivity index (χ2n) is 6.85. The van der Waals surface area contributed by atoms with Crippen LogP contribution in [0.15, 0.2) is 18.2 Å². The number of aryl methyl sites for hydroxylation is 2. The molecule has 1 fully saturated rings.